The van der Waals surface area contributed by atoms with Gasteiger partial charge < -0.3 is 44.7 Å². The maximum atomic E-state index is 13.2. The smallest absolute Gasteiger partial charge is 0.409 e. The van der Waals surface area contributed by atoms with Crippen molar-refractivity contribution in [1.82, 2.24) is 34.6 Å². The Morgan fingerprint density at radius 2 is 1.17 bits per heavy atom. The summed E-state index contributed by atoms with van der Waals surface area (Å²) in [4.78, 5) is 73.8. The third kappa shape index (κ3) is 8.47. The number of methoxy groups -OCH3 is 2. The molecule has 4 aromatic heterocycles. The number of aliphatic hydroxyl groups is 1. The minimum Gasteiger partial charge on any atom is -0.495 e. The molecule has 0 radical (unpaired) electrons. The number of amides is 3. The molecule has 4 aliphatic heterocycles. The molecule has 2 saturated heterocycles. The van der Waals surface area contributed by atoms with E-state index in [0.717, 1.165) is 109 Å². The quantitative estimate of drug-likeness (QED) is 0.150. The van der Waals surface area contributed by atoms with E-state index in [9.17, 15) is 19.5 Å². The van der Waals surface area contributed by atoms with Gasteiger partial charge in [-0.3, -0.25) is 19.6 Å². The van der Waals surface area contributed by atoms with Crippen molar-refractivity contribution in [1.29, 1.82) is 0 Å². The van der Waals surface area contributed by atoms with Crippen LogP contribution in [0.5, 0.6) is 11.5 Å². The number of likely N-dealkylation sites (tertiary alicyclic amines) is 2. The number of anilines is 4. The second-order valence-electron chi connectivity index (χ2n) is 18.4. The van der Waals surface area contributed by atoms with Crippen LogP contribution in [0, 0.1) is 11.8 Å². The number of aryl methyl sites for hydroxylation is 2. The molecule has 3 amide bonds. The summed E-state index contributed by atoms with van der Waals surface area (Å²) in [6, 6.07) is 8.13. The molecule has 20 heteroatoms. The lowest BCUT2D eigenvalue weighted by Gasteiger charge is -2.41. The lowest BCUT2D eigenvalue weighted by atomic mass is 9.86. The van der Waals surface area contributed by atoms with E-state index in [0.29, 0.717) is 45.7 Å². The van der Waals surface area contributed by atoms with Crippen molar-refractivity contribution in [3.05, 3.63) is 80.1 Å². The van der Waals surface area contributed by atoms with Crippen LogP contribution in [-0.2, 0) is 53.1 Å². The minimum atomic E-state index is -0.374. The van der Waals surface area contributed by atoms with Gasteiger partial charge in [-0.05, 0) is 96.2 Å². The van der Waals surface area contributed by atoms with Crippen molar-refractivity contribution in [3.8, 4) is 11.5 Å². The van der Waals surface area contributed by atoms with Gasteiger partial charge in [0.15, 0.2) is 0 Å². The highest BCUT2D eigenvalue weighted by molar-refractivity contribution is 7.19. The van der Waals surface area contributed by atoms with Crippen LogP contribution in [0.2, 0.25) is 0 Å². The maximum Gasteiger partial charge on any atom is 0.409 e. The predicted molar refractivity (Wildman–Crippen MR) is 264 cm³/mol. The molecule has 0 spiro atoms. The van der Waals surface area contributed by atoms with E-state index < -0.39 is 0 Å². The van der Waals surface area contributed by atoms with E-state index in [4.69, 9.17) is 14.2 Å². The van der Waals surface area contributed by atoms with E-state index in [1.54, 1.807) is 73.4 Å². The number of thiophene rings is 2. The van der Waals surface area contributed by atoms with E-state index >= 15 is 0 Å². The molecule has 69 heavy (non-hydrogen) atoms. The number of hydrogen-bond donors (Lipinski definition) is 3. The van der Waals surface area contributed by atoms with Crippen LogP contribution in [0.25, 0.3) is 20.4 Å². The monoisotopic (exact) mass is 969 g/mol. The fourth-order valence-corrected chi connectivity index (χ4v) is 12.5. The molecule has 2 aromatic carbocycles. The number of aromatic nitrogens is 4. The standard InChI is InChI=1S/C26H28N6O4S.C23H23N5O3S/c1-31(2)26(34)36-17-11-32(12-17)25(33)14-4-5-18-21(8-14)37-24-22(18)23(28-13-29-24)30-19-6-15-9-27-10-16(15)7-20(19)35-3;1-31-18-5-14-8-24-7-13(14)4-17(18)27-21-20-16-3-2-12(23(30)28-9-15(29)10-28)6-19(16)32-22(20)26-11-25-21/h6-7,9,13-14,17H,4-5,8,10-12H2,1-3H3,(H,28,29,30);4-5,7,11-12,15,29H,2-3,6,8-10H2,1H3,(H,25,26,27). The fourth-order valence-electron chi connectivity index (χ4n) is 9.99. The number of carbonyl (C=O) groups is 3. The van der Waals surface area contributed by atoms with Crippen LogP contribution in [0.4, 0.5) is 27.8 Å². The van der Waals surface area contributed by atoms with Gasteiger partial charge in [-0.1, -0.05) is 0 Å². The molecule has 6 aliphatic rings. The Kier molecular flexibility index (Phi) is 11.8. The van der Waals surface area contributed by atoms with E-state index in [1.807, 2.05) is 36.7 Å². The van der Waals surface area contributed by atoms with Crippen molar-refractivity contribution in [2.24, 2.45) is 21.8 Å². The van der Waals surface area contributed by atoms with Gasteiger partial charge in [-0.15, -0.1) is 22.7 Å². The van der Waals surface area contributed by atoms with Crippen molar-refractivity contribution < 1.29 is 33.7 Å². The number of fused-ring (bicyclic) bond motifs is 8. The number of benzene rings is 2. The first-order valence-corrected chi connectivity index (χ1v) is 24.7. The van der Waals surface area contributed by atoms with Gasteiger partial charge in [0, 0.05) is 61.2 Å². The normalized spacial score (nSPS) is 18.9. The first-order valence-electron chi connectivity index (χ1n) is 23.1. The molecule has 2 atom stereocenters. The highest BCUT2D eigenvalue weighted by atomic mass is 32.1. The Morgan fingerprint density at radius 3 is 1.62 bits per heavy atom. The van der Waals surface area contributed by atoms with E-state index in [2.05, 4.69) is 40.6 Å². The van der Waals surface area contributed by atoms with Crippen molar-refractivity contribution >= 4 is 96.5 Å². The van der Waals surface area contributed by atoms with Gasteiger partial charge in [0.05, 0.1) is 68.6 Å². The molecule has 0 saturated carbocycles. The Bertz CT molecular complexity index is 3100. The van der Waals surface area contributed by atoms with Gasteiger partial charge in [0.25, 0.3) is 0 Å². The summed E-state index contributed by atoms with van der Waals surface area (Å²) in [5.41, 5.74) is 8.59. The van der Waals surface area contributed by atoms with Gasteiger partial charge in [-0.25, -0.2) is 24.7 Å². The lowest BCUT2D eigenvalue weighted by molar-refractivity contribution is -0.146. The van der Waals surface area contributed by atoms with Gasteiger partial charge in [0.1, 0.15) is 51.6 Å². The zero-order chi connectivity index (χ0) is 47.5. The van der Waals surface area contributed by atoms with Crippen LogP contribution in [0.1, 0.15) is 56.0 Å². The zero-order valence-corrected chi connectivity index (χ0v) is 40.3. The highest BCUT2D eigenvalue weighted by Crippen LogP contribution is 2.44. The van der Waals surface area contributed by atoms with Crippen LogP contribution in [-0.4, -0.2) is 137 Å². The van der Waals surface area contributed by atoms with Crippen LogP contribution >= 0.6 is 22.7 Å². The Hall–Kier alpha value is -6.77. The topological polar surface area (TPSA) is 209 Å². The molecule has 356 valence electrons. The molecule has 0 bridgehead atoms. The fraction of sp³-hybridized carbons (Fsp3) is 0.408. The van der Waals surface area contributed by atoms with Gasteiger partial charge >= 0.3 is 6.09 Å². The summed E-state index contributed by atoms with van der Waals surface area (Å²) in [7, 11) is 6.63. The second-order valence-corrected chi connectivity index (χ2v) is 20.6. The molecular weight excluding hydrogens is 919 g/mol. The minimum absolute atomic E-state index is 0.0245. The largest absolute Gasteiger partial charge is 0.495 e. The van der Waals surface area contributed by atoms with Gasteiger partial charge in [-0.2, -0.15) is 0 Å². The number of ether oxygens (including phenoxy) is 3. The Balaban J connectivity index is 0.000000152. The summed E-state index contributed by atoms with van der Waals surface area (Å²) in [5, 5.41) is 18.5. The van der Waals surface area contributed by atoms with E-state index in [-0.39, 0.29) is 42.0 Å². The third-order valence-corrected chi connectivity index (χ3v) is 16.1. The summed E-state index contributed by atoms with van der Waals surface area (Å²) in [6.45, 7) is 3.18. The lowest BCUT2D eigenvalue weighted by Crippen LogP contribution is -2.57. The van der Waals surface area contributed by atoms with Crippen LogP contribution in [0.15, 0.2) is 46.9 Å². The summed E-state index contributed by atoms with van der Waals surface area (Å²) < 4.78 is 16.6. The molecule has 8 heterocycles. The number of β-amino-alcohol motifs (C(OH)–C–C–N with tert-alkyl or cyclic N) is 1. The molecule has 12 rings (SSSR count). The second kappa shape index (κ2) is 18.3. The highest BCUT2D eigenvalue weighted by Gasteiger charge is 2.40. The molecule has 2 fully saturated rings. The zero-order valence-electron chi connectivity index (χ0n) is 38.7. The molecule has 2 aliphatic carbocycles. The van der Waals surface area contributed by atoms with Crippen LogP contribution < -0.4 is 20.1 Å². The predicted octanol–water partition coefficient (Wildman–Crippen LogP) is 6.07. The number of carbonyl (C=O) groups excluding carboxylic acids is 3. The number of nitrogens with zero attached hydrogens (tertiary/aromatic N) is 9. The van der Waals surface area contributed by atoms with Gasteiger partial charge in [0.2, 0.25) is 11.8 Å². The SMILES string of the molecule is COc1cc2c(cc1Nc1ncnc3sc4c(c13)CCC(C(=O)N1CC(O)C1)C4)C=NC2.COc1cc2c(cc1Nc1ncnc3sc4c(c13)CCC(C(=O)N1CC(OC(=O)N(C)C)C1)C4)C=NC2. The summed E-state index contributed by atoms with van der Waals surface area (Å²) in [6.07, 6.45) is 10.5. The molecular formula is C49H51N11O7S2. The van der Waals surface area contributed by atoms with Crippen molar-refractivity contribution in [2.75, 3.05) is 65.1 Å². The number of aliphatic imine (C=N–C) groups is 2. The molecule has 6 aromatic rings. The molecule has 3 N–H and O–H groups in total. The summed E-state index contributed by atoms with van der Waals surface area (Å²) >= 11 is 3.29. The van der Waals surface area contributed by atoms with E-state index in [1.165, 1.54) is 25.8 Å². The Morgan fingerprint density at radius 1 is 0.696 bits per heavy atom. The average Bonchev–Trinajstić information content (AvgIpc) is 4.15. The third-order valence-electron chi connectivity index (χ3n) is 13.8. The maximum absolute atomic E-state index is 13.2. The number of rotatable bonds is 9. The van der Waals surface area contributed by atoms with Crippen molar-refractivity contribution in [3.63, 3.8) is 0 Å². The number of hydrogen-bond acceptors (Lipinski definition) is 17. The van der Waals surface area contributed by atoms with Crippen LogP contribution in [0.3, 0.4) is 0 Å². The number of nitrogens with one attached hydrogen (secondary N) is 2. The first-order chi connectivity index (χ1) is 33.5. The van der Waals surface area contributed by atoms with Crippen molar-refractivity contribution in [2.45, 2.75) is 63.8 Å². The number of aliphatic hydroxyl groups excluding tert-OH is 1. The summed E-state index contributed by atoms with van der Waals surface area (Å²) in [5.74, 6) is 3.20. The molecule has 2 unspecified atom stereocenters. The first kappa shape index (κ1) is 44.7. The Labute approximate surface area is 405 Å². The molecule has 18 nitrogen and oxygen atoms in total. The average molecular weight is 970 g/mol.